The van der Waals surface area contributed by atoms with E-state index < -0.39 is 0 Å². The fraction of sp³-hybridized carbons (Fsp3) is 0.333. The standard InChI is InChI=1S/C12H17N5/c1-9-3-6-14-12(11(9)13)15-7-4-10-5-8-16-17(10)2/h3,5-6,8H,4,7,13H2,1-2H3,(H,14,15). The van der Waals surface area contributed by atoms with Crippen LogP contribution in [0.5, 0.6) is 0 Å². The van der Waals surface area contributed by atoms with Gasteiger partial charge in [-0.1, -0.05) is 0 Å². The van der Waals surface area contributed by atoms with Crippen molar-refractivity contribution in [2.45, 2.75) is 13.3 Å². The zero-order valence-corrected chi connectivity index (χ0v) is 10.1. The Morgan fingerprint density at radius 2 is 2.18 bits per heavy atom. The lowest BCUT2D eigenvalue weighted by Crippen LogP contribution is -2.11. The van der Waals surface area contributed by atoms with Gasteiger partial charge in [0.05, 0.1) is 5.69 Å². The smallest absolute Gasteiger partial charge is 0.149 e. The van der Waals surface area contributed by atoms with Crippen molar-refractivity contribution in [1.29, 1.82) is 0 Å². The highest BCUT2D eigenvalue weighted by molar-refractivity contribution is 5.64. The number of nitrogens with zero attached hydrogens (tertiary/aromatic N) is 3. The summed E-state index contributed by atoms with van der Waals surface area (Å²) in [4.78, 5) is 4.22. The van der Waals surface area contributed by atoms with Crippen LogP contribution in [0.2, 0.25) is 0 Å². The van der Waals surface area contributed by atoms with Gasteiger partial charge in [-0.3, -0.25) is 4.68 Å². The molecule has 2 heterocycles. The largest absolute Gasteiger partial charge is 0.396 e. The van der Waals surface area contributed by atoms with Crippen molar-refractivity contribution in [3.8, 4) is 0 Å². The second-order valence-corrected chi connectivity index (χ2v) is 4.01. The number of aryl methyl sites for hydroxylation is 2. The Bertz CT molecular complexity index is 503. The molecule has 0 saturated carbocycles. The van der Waals surface area contributed by atoms with Crippen LogP contribution < -0.4 is 11.1 Å². The Morgan fingerprint density at radius 1 is 1.35 bits per heavy atom. The SMILES string of the molecule is Cc1ccnc(NCCc2ccnn2C)c1N. The third kappa shape index (κ3) is 2.55. The van der Waals surface area contributed by atoms with Gasteiger partial charge in [0.15, 0.2) is 0 Å². The highest BCUT2D eigenvalue weighted by Gasteiger charge is 2.03. The number of anilines is 2. The lowest BCUT2D eigenvalue weighted by molar-refractivity contribution is 0.711. The molecular weight excluding hydrogens is 214 g/mol. The first-order valence-electron chi connectivity index (χ1n) is 5.60. The highest BCUT2D eigenvalue weighted by atomic mass is 15.3. The van der Waals surface area contributed by atoms with E-state index in [2.05, 4.69) is 15.4 Å². The molecule has 0 aliphatic heterocycles. The molecule has 0 spiro atoms. The Balaban J connectivity index is 1.95. The summed E-state index contributed by atoms with van der Waals surface area (Å²) in [6, 6.07) is 3.91. The zero-order valence-electron chi connectivity index (χ0n) is 10.1. The normalized spacial score (nSPS) is 10.5. The second-order valence-electron chi connectivity index (χ2n) is 4.01. The Labute approximate surface area is 101 Å². The predicted molar refractivity (Wildman–Crippen MR) is 68.8 cm³/mol. The third-order valence-electron chi connectivity index (χ3n) is 2.80. The fourth-order valence-electron chi connectivity index (χ4n) is 1.67. The molecule has 0 aliphatic carbocycles. The molecular formula is C12H17N5. The van der Waals surface area contributed by atoms with Crippen LogP contribution in [-0.2, 0) is 13.5 Å². The van der Waals surface area contributed by atoms with Crippen LogP contribution in [0.3, 0.4) is 0 Å². The van der Waals surface area contributed by atoms with Crippen molar-refractivity contribution in [2.75, 3.05) is 17.6 Å². The Kier molecular flexibility index (Phi) is 3.27. The van der Waals surface area contributed by atoms with Crippen LogP contribution in [0.4, 0.5) is 11.5 Å². The van der Waals surface area contributed by atoms with Crippen molar-refractivity contribution < 1.29 is 0 Å². The van der Waals surface area contributed by atoms with Crippen molar-refractivity contribution in [2.24, 2.45) is 7.05 Å². The maximum atomic E-state index is 5.93. The van der Waals surface area contributed by atoms with Gasteiger partial charge in [-0.2, -0.15) is 5.10 Å². The molecule has 2 aromatic rings. The molecule has 0 aliphatic rings. The molecule has 0 unspecified atom stereocenters. The first-order valence-corrected chi connectivity index (χ1v) is 5.60. The van der Waals surface area contributed by atoms with Crippen molar-refractivity contribution in [1.82, 2.24) is 14.8 Å². The fourth-order valence-corrected chi connectivity index (χ4v) is 1.67. The molecule has 2 aromatic heterocycles. The van der Waals surface area contributed by atoms with Crippen LogP contribution in [0, 0.1) is 6.92 Å². The number of nitrogens with one attached hydrogen (secondary N) is 1. The molecule has 2 rings (SSSR count). The number of hydrogen-bond donors (Lipinski definition) is 2. The molecule has 0 saturated heterocycles. The number of nitrogens with two attached hydrogens (primary N) is 1. The average molecular weight is 231 g/mol. The first kappa shape index (κ1) is 11.4. The van der Waals surface area contributed by atoms with Gasteiger partial charge >= 0.3 is 0 Å². The van der Waals surface area contributed by atoms with E-state index in [1.54, 1.807) is 12.4 Å². The molecule has 0 aromatic carbocycles. The summed E-state index contributed by atoms with van der Waals surface area (Å²) in [5.74, 6) is 0.757. The first-order chi connectivity index (χ1) is 8.18. The number of rotatable bonds is 4. The van der Waals surface area contributed by atoms with Gasteiger partial charge in [-0.25, -0.2) is 4.98 Å². The maximum absolute atomic E-state index is 5.93. The Morgan fingerprint density at radius 3 is 2.88 bits per heavy atom. The van der Waals surface area contributed by atoms with Gasteiger partial charge in [0.1, 0.15) is 5.82 Å². The topological polar surface area (TPSA) is 68.8 Å². The second kappa shape index (κ2) is 4.86. The van der Waals surface area contributed by atoms with E-state index in [9.17, 15) is 0 Å². The van der Waals surface area contributed by atoms with E-state index >= 15 is 0 Å². The molecule has 5 nitrogen and oxygen atoms in total. The van der Waals surface area contributed by atoms with Crippen LogP contribution in [-0.4, -0.2) is 21.3 Å². The van der Waals surface area contributed by atoms with Crippen LogP contribution >= 0.6 is 0 Å². The minimum absolute atomic E-state index is 0.720. The van der Waals surface area contributed by atoms with Crippen molar-refractivity contribution in [3.63, 3.8) is 0 Å². The van der Waals surface area contributed by atoms with E-state index in [1.165, 1.54) is 5.69 Å². The average Bonchev–Trinajstić information content (AvgIpc) is 2.71. The predicted octanol–water partition coefficient (Wildman–Crippen LogP) is 1.36. The van der Waals surface area contributed by atoms with Gasteiger partial charge in [0.25, 0.3) is 0 Å². The molecule has 0 radical (unpaired) electrons. The van der Waals surface area contributed by atoms with Gasteiger partial charge in [0.2, 0.25) is 0 Å². The minimum Gasteiger partial charge on any atom is -0.396 e. The molecule has 0 bridgehead atoms. The zero-order chi connectivity index (χ0) is 12.3. The summed E-state index contributed by atoms with van der Waals surface area (Å²) in [5.41, 5.74) is 8.88. The summed E-state index contributed by atoms with van der Waals surface area (Å²) in [5, 5.41) is 7.36. The van der Waals surface area contributed by atoms with Crippen molar-refractivity contribution >= 4 is 11.5 Å². The molecule has 0 fully saturated rings. The number of hydrogen-bond acceptors (Lipinski definition) is 4. The number of aromatic nitrogens is 3. The van der Waals surface area contributed by atoms with Crippen LogP contribution in [0.25, 0.3) is 0 Å². The number of nitrogen functional groups attached to an aromatic ring is 1. The van der Waals surface area contributed by atoms with Crippen molar-refractivity contribution in [3.05, 3.63) is 35.8 Å². The molecule has 3 N–H and O–H groups in total. The van der Waals surface area contributed by atoms with Crippen LogP contribution in [0.1, 0.15) is 11.3 Å². The number of pyridine rings is 1. The van der Waals surface area contributed by atoms with Gasteiger partial charge in [-0.05, 0) is 24.6 Å². The van der Waals surface area contributed by atoms with E-state index in [0.717, 1.165) is 30.0 Å². The Hall–Kier alpha value is -2.04. The maximum Gasteiger partial charge on any atom is 0.149 e. The van der Waals surface area contributed by atoms with Gasteiger partial charge in [0, 0.05) is 38.1 Å². The summed E-state index contributed by atoms with van der Waals surface area (Å²) in [6.45, 7) is 2.77. The quantitative estimate of drug-likeness (QED) is 0.833. The molecule has 0 amide bonds. The minimum atomic E-state index is 0.720. The molecule has 0 atom stereocenters. The monoisotopic (exact) mass is 231 g/mol. The van der Waals surface area contributed by atoms with Crippen LogP contribution in [0.15, 0.2) is 24.5 Å². The lowest BCUT2D eigenvalue weighted by atomic mass is 10.2. The lowest BCUT2D eigenvalue weighted by Gasteiger charge is -2.09. The molecule has 17 heavy (non-hydrogen) atoms. The summed E-state index contributed by atoms with van der Waals surface area (Å²) < 4.78 is 1.87. The third-order valence-corrected chi connectivity index (χ3v) is 2.80. The van der Waals surface area contributed by atoms with E-state index in [0.29, 0.717) is 0 Å². The summed E-state index contributed by atoms with van der Waals surface area (Å²) in [6.07, 6.45) is 4.46. The molecule has 90 valence electrons. The summed E-state index contributed by atoms with van der Waals surface area (Å²) in [7, 11) is 1.94. The van der Waals surface area contributed by atoms with Gasteiger partial charge < -0.3 is 11.1 Å². The van der Waals surface area contributed by atoms with E-state index in [-0.39, 0.29) is 0 Å². The van der Waals surface area contributed by atoms with E-state index in [4.69, 9.17) is 5.73 Å². The molecule has 5 heteroatoms. The summed E-state index contributed by atoms with van der Waals surface area (Å²) >= 11 is 0. The van der Waals surface area contributed by atoms with E-state index in [1.807, 2.05) is 30.8 Å². The highest BCUT2D eigenvalue weighted by Crippen LogP contribution is 2.18. The van der Waals surface area contributed by atoms with Gasteiger partial charge in [-0.15, -0.1) is 0 Å².